The zero-order valence-corrected chi connectivity index (χ0v) is 12.9. The van der Waals surface area contributed by atoms with Gasteiger partial charge in [0.25, 0.3) is 0 Å². The summed E-state index contributed by atoms with van der Waals surface area (Å²) in [5, 5.41) is 3.81. The minimum Gasteiger partial charge on any atom is -0.349 e. The minimum absolute atomic E-state index is 0.0608. The second kappa shape index (κ2) is 7.84. The highest BCUT2D eigenvalue weighted by atomic mass is 35.5. The van der Waals surface area contributed by atoms with E-state index >= 15 is 0 Å². The first kappa shape index (κ1) is 15.6. The standard InChI is InChI=1S/C18H20ClNO/c1-2-17(15-9-4-3-5-10-15)20-18(21)13-12-14-8-6-7-11-16(14)19/h3-11,17H,2,12-13H2,1H3,(H,20,21). The van der Waals surface area contributed by atoms with Crippen molar-refractivity contribution in [1.82, 2.24) is 5.32 Å². The van der Waals surface area contributed by atoms with Gasteiger partial charge in [-0.2, -0.15) is 0 Å². The molecule has 0 saturated heterocycles. The van der Waals surface area contributed by atoms with Crippen molar-refractivity contribution in [2.24, 2.45) is 0 Å². The summed E-state index contributed by atoms with van der Waals surface area (Å²) in [5.74, 6) is 0.0608. The van der Waals surface area contributed by atoms with Crippen molar-refractivity contribution in [3.8, 4) is 0 Å². The molecule has 2 aromatic carbocycles. The number of nitrogens with one attached hydrogen (secondary N) is 1. The first-order chi connectivity index (χ1) is 10.2. The summed E-state index contributed by atoms with van der Waals surface area (Å²) in [5.41, 5.74) is 2.16. The Kier molecular flexibility index (Phi) is 5.82. The molecule has 0 saturated carbocycles. The Morgan fingerprint density at radius 1 is 1.10 bits per heavy atom. The number of hydrogen-bond acceptors (Lipinski definition) is 1. The molecule has 2 aromatic rings. The fourth-order valence-corrected chi connectivity index (χ4v) is 2.55. The van der Waals surface area contributed by atoms with Gasteiger partial charge in [0.1, 0.15) is 0 Å². The number of amides is 1. The van der Waals surface area contributed by atoms with Crippen molar-refractivity contribution in [2.45, 2.75) is 32.2 Å². The number of carbonyl (C=O) groups is 1. The van der Waals surface area contributed by atoms with Crippen LogP contribution in [-0.2, 0) is 11.2 Å². The first-order valence-electron chi connectivity index (χ1n) is 7.28. The van der Waals surface area contributed by atoms with E-state index in [0.717, 1.165) is 22.6 Å². The SMILES string of the molecule is CCC(NC(=O)CCc1ccccc1Cl)c1ccccc1. The van der Waals surface area contributed by atoms with Crippen LogP contribution in [-0.4, -0.2) is 5.91 Å². The van der Waals surface area contributed by atoms with Crippen LogP contribution in [0.5, 0.6) is 0 Å². The molecule has 0 aliphatic rings. The van der Waals surface area contributed by atoms with Crippen LogP contribution in [0.4, 0.5) is 0 Å². The number of aryl methyl sites for hydroxylation is 1. The maximum Gasteiger partial charge on any atom is 0.220 e. The van der Waals surface area contributed by atoms with Crippen molar-refractivity contribution in [3.05, 3.63) is 70.7 Å². The molecule has 0 fully saturated rings. The smallest absolute Gasteiger partial charge is 0.220 e. The van der Waals surface area contributed by atoms with E-state index in [4.69, 9.17) is 11.6 Å². The van der Waals surface area contributed by atoms with E-state index in [0.29, 0.717) is 12.8 Å². The molecule has 110 valence electrons. The third kappa shape index (κ3) is 4.61. The average molecular weight is 302 g/mol. The number of hydrogen-bond donors (Lipinski definition) is 1. The highest BCUT2D eigenvalue weighted by molar-refractivity contribution is 6.31. The predicted octanol–water partition coefficient (Wildman–Crippen LogP) is 4.54. The molecule has 0 radical (unpaired) electrons. The van der Waals surface area contributed by atoms with Crippen LogP contribution in [0.3, 0.4) is 0 Å². The van der Waals surface area contributed by atoms with Gasteiger partial charge in [-0.15, -0.1) is 0 Å². The predicted molar refractivity (Wildman–Crippen MR) is 87.4 cm³/mol. The monoisotopic (exact) mass is 301 g/mol. The molecule has 0 aliphatic carbocycles. The number of halogens is 1. The summed E-state index contributed by atoms with van der Waals surface area (Å²) in [6, 6.07) is 17.8. The third-order valence-corrected chi connectivity index (χ3v) is 3.89. The van der Waals surface area contributed by atoms with E-state index in [9.17, 15) is 4.79 Å². The molecule has 0 bridgehead atoms. The van der Waals surface area contributed by atoms with Crippen molar-refractivity contribution in [3.63, 3.8) is 0 Å². The highest BCUT2D eigenvalue weighted by Crippen LogP contribution is 2.18. The third-order valence-electron chi connectivity index (χ3n) is 3.52. The molecular weight excluding hydrogens is 282 g/mol. The van der Waals surface area contributed by atoms with Gasteiger partial charge in [0.2, 0.25) is 5.91 Å². The Morgan fingerprint density at radius 2 is 1.76 bits per heavy atom. The number of benzene rings is 2. The molecule has 2 rings (SSSR count). The summed E-state index contributed by atoms with van der Waals surface area (Å²) in [7, 11) is 0. The lowest BCUT2D eigenvalue weighted by atomic mass is 10.0. The molecule has 1 N–H and O–H groups in total. The highest BCUT2D eigenvalue weighted by Gasteiger charge is 2.12. The fraction of sp³-hybridized carbons (Fsp3) is 0.278. The Labute approximate surface area is 131 Å². The summed E-state index contributed by atoms with van der Waals surface area (Å²) in [6.07, 6.45) is 1.99. The van der Waals surface area contributed by atoms with Crippen LogP contribution in [0, 0.1) is 0 Å². The van der Waals surface area contributed by atoms with Crippen LogP contribution < -0.4 is 5.32 Å². The summed E-state index contributed by atoms with van der Waals surface area (Å²) < 4.78 is 0. The van der Waals surface area contributed by atoms with E-state index in [1.54, 1.807) is 0 Å². The fourth-order valence-electron chi connectivity index (χ4n) is 2.32. The van der Waals surface area contributed by atoms with Gasteiger partial charge in [0.15, 0.2) is 0 Å². The molecule has 0 heterocycles. The van der Waals surface area contributed by atoms with Crippen molar-refractivity contribution in [2.75, 3.05) is 0 Å². The van der Waals surface area contributed by atoms with Crippen LogP contribution in [0.25, 0.3) is 0 Å². The molecule has 21 heavy (non-hydrogen) atoms. The van der Waals surface area contributed by atoms with Gasteiger partial charge >= 0.3 is 0 Å². The summed E-state index contributed by atoms with van der Waals surface area (Å²) in [4.78, 5) is 12.1. The van der Waals surface area contributed by atoms with Gasteiger partial charge in [-0.05, 0) is 30.0 Å². The van der Waals surface area contributed by atoms with Gasteiger partial charge in [0, 0.05) is 11.4 Å². The summed E-state index contributed by atoms with van der Waals surface area (Å²) in [6.45, 7) is 2.08. The van der Waals surface area contributed by atoms with E-state index in [1.165, 1.54) is 0 Å². The molecular formula is C18H20ClNO. The van der Waals surface area contributed by atoms with E-state index in [1.807, 2.05) is 54.6 Å². The molecule has 0 spiro atoms. The molecule has 0 aromatic heterocycles. The Bertz CT molecular complexity index is 583. The summed E-state index contributed by atoms with van der Waals surface area (Å²) >= 11 is 6.10. The molecule has 0 aliphatic heterocycles. The zero-order valence-electron chi connectivity index (χ0n) is 12.2. The topological polar surface area (TPSA) is 29.1 Å². The molecule has 1 amide bonds. The lowest BCUT2D eigenvalue weighted by Crippen LogP contribution is -2.28. The molecule has 1 atom stereocenters. The molecule has 2 nitrogen and oxygen atoms in total. The maximum absolute atomic E-state index is 12.1. The molecule has 3 heteroatoms. The lowest BCUT2D eigenvalue weighted by Gasteiger charge is -2.17. The van der Waals surface area contributed by atoms with Gasteiger partial charge in [0.05, 0.1) is 6.04 Å². The Balaban J connectivity index is 1.90. The number of carbonyl (C=O) groups excluding carboxylic acids is 1. The Hall–Kier alpha value is -1.80. The van der Waals surface area contributed by atoms with E-state index < -0.39 is 0 Å². The van der Waals surface area contributed by atoms with Gasteiger partial charge < -0.3 is 5.32 Å². The first-order valence-corrected chi connectivity index (χ1v) is 7.66. The second-order valence-corrected chi connectivity index (χ2v) is 5.44. The zero-order chi connectivity index (χ0) is 15.1. The van der Waals surface area contributed by atoms with Crippen molar-refractivity contribution in [1.29, 1.82) is 0 Å². The van der Waals surface area contributed by atoms with E-state index in [-0.39, 0.29) is 11.9 Å². The van der Waals surface area contributed by atoms with Crippen LogP contribution in [0.1, 0.15) is 36.9 Å². The van der Waals surface area contributed by atoms with Crippen LogP contribution >= 0.6 is 11.6 Å². The maximum atomic E-state index is 12.1. The normalized spacial score (nSPS) is 11.9. The number of rotatable bonds is 6. The van der Waals surface area contributed by atoms with E-state index in [2.05, 4.69) is 12.2 Å². The average Bonchev–Trinajstić information content (AvgIpc) is 2.52. The van der Waals surface area contributed by atoms with Crippen molar-refractivity contribution < 1.29 is 4.79 Å². The van der Waals surface area contributed by atoms with Crippen molar-refractivity contribution >= 4 is 17.5 Å². The van der Waals surface area contributed by atoms with Gasteiger partial charge in [-0.25, -0.2) is 0 Å². The Morgan fingerprint density at radius 3 is 2.43 bits per heavy atom. The molecule has 1 unspecified atom stereocenters. The minimum atomic E-state index is 0.0608. The van der Waals surface area contributed by atoms with Gasteiger partial charge in [-0.1, -0.05) is 67.1 Å². The lowest BCUT2D eigenvalue weighted by molar-refractivity contribution is -0.121. The second-order valence-electron chi connectivity index (χ2n) is 5.03. The van der Waals surface area contributed by atoms with Crippen LogP contribution in [0.2, 0.25) is 5.02 Å². The van der Waals surface area contributed by atoms with Gasteiger partial charge in [-0.3, -0.25) is 4.79 Å². The van der Waals surface area contributed by atoms with Crippen LogP contribution in [0.15, 0.2) is 54.6 Å². The quantitative estimate of drug-likeness (QED) is 0.834. The largest absolute Gasteiger partial charge is 0.349 e.